The van der Waals surface area contributed by atoms with Gasteiger partial charge in [-0.1, -0.05) is 6.07 Å². The molecule has 0 unspecified atom stereocenters. The van der Waals surface area contributed by atoms with Crippen molar-refractivity contribution in [2.75, 3.05) is 11.9 Å². The van der Waals surface area contributed by atoms with E-state index in [1.807, 2.05) is 7.05 Å². The van der Waals surface area contributed by atoms with E-state index in [1.54, 1.807) is 0 Å². The highest BCUT2D eigenvalue weighted by Crippen LogP contribution is 2.39. The molecule has 0 radical (unpaired) electrons. The van der Waals surface area contributed by atoms with Gasteiger partial charge in [-0.15, -0.1) is 0 Å². The van der Waals surface area contributed by atoms with E-state index in [-0.39, 0.29) is 0 Å². The number of hydrogen-bond acceptors (Lipinski definition) is 2. The maximum atomic E-state index is 5.77. The van der Waals surface area contributed by atoms with Crippen LogP contribution >= 0.6 is 0 Å². The molecule has 1 heterocycles. The van der Waals surface area contributed by atoms with E-state index >= 15 is 0 Å². The molecular weight excluding hydrogens is 174 g/mol. The average Bonchev–Trinajstić information content (AvgIpc) is 2.43. The van der Waals surface area contributed by atoms with Gasteiger partial charge in [0.1, 0.15) is 0 Å². The summed E-state index contributed by atoms with van der Waals surface area (Å²) in [7, 11) is 2.03. The lowest BCUT2D eigenvalue weighted by Gasteiger charge is -2.12. The fourth-order valence-corrected chi connectivity index (χ4v) is 1.70. The van der Waals surface area contributed by atoms with Crippen LogP contribution in [-0.2, 0) is 0 Å². The molecule has 14 heavy (non-hydrogen) atoms. The van der Waals surface area contributed by atoms with Gasteiger partial charge < -0.3 is 9.64 Å². The van der Waals surface area contributed by atoms with Crippen LogP contribution < -0.4 is 9.64 Å². The number of hydrogen-bond donors (Lipinski definition) is 0. The first-order valence-electron chi connectivity index (χ1n) is 4.79. The predicted molar refractivity (Wildman–Crippen MR) is 58.6 cm³/mol. The van der Waals surface area contributed by atoms with Crippen molar-refractivity contribution in [3.63, 3.8) is 0 Å². The Morgan fingerprint density at radius 2 is 2.00 bits per heavy atom. The molecule has 2 nitrogen and oxygen atoms in total. The zero-order chi connectivity index (χ0) is 10.3. The molecule has 0 aliphatic carbocycles. The Balaban J connectivity index is 2.51. The Bertz CT molecular complexity index is 403. The SMILES string of the molecule is CC(C)=C1Oc2cc(C)ccc2N1C. The molecule has 1 aromatic carbocycles. The third-order valence-corrected chi connectivity index (χ3v) is 2.42. The smallest absolute Gasteiger partial charge is 0.199 e. The molecule has 0 atom stereocenters. The Hall–Kier alpha value is -1.44. The van der Waals surface area contributed by atoms with E-state index in [1.165, 1.54) is 11.1 Å². The average molecular weight is 189 g/mol. The molecular formula is C12H15NO. The fourth-order valence-electron chi connectivity index (χ4n) is 1.70. The molecule has 0 saturated heterocycles. The van der Waals surface area contributed by atoms with Gasteiger partial charge in [-0.2, -0.15) is 0 Å². The van der Waals surface area contributed by atoms with Crippen LogP contribution in [0.5, 0.6) is 5.75 Å². The van der Waals surface area contributed by atoms with Crippen LogP contribution in [0.2, 0.25) is 0 Å². The van der Waals surface area contributed by atoms with Gasteiger partial charge in [0.25, 0.3) is 0 Å². The van der Waals surface area contributed by atoms with Crippen molar-refractivity contribution >= 4 is 5.69 Å². The van der Waals surface area contributed by atoms with Gasteiger partial charge in [0.15, 0.2) is 11.6 Å². The lowest BCUT2D eigenvalue weighted by Crippen LogP contribution is -2.14. The molecule has 0 N–H and O–H groups in total. The zero-order valence-electron chi connectivity index (χ0n) is 9.09. The summed E-state index contributed by atoms with van der Waals surface area (Å²) in [5.41, 5.74) is 3.57. The van der Waals surface area contributed by atoms with Crippen LogP contribution in [0.3, 0.4) is 0 Å². The number of allylic oxidation sites excluding steroid dienone is 1. The number of nitrogens with zero attached hydrogens (tertiary/aromatic N) is 1. The molecule has 2 heteroatoms. The molecule has 0 saturated carbocycles. The minimum atomic E-state index is 0.950. The van der Waals surface area contributed by atoms with E-state index in [0.29, 0.717) is 0 Å². The lowest BCUT2D eigenvalue weighted by molar-refractivity contribution is 0.436. The highest BCUT2D eigenvalue weighted by molar-refractivity contribution is 5.66. The van der Waals surface area contributed by atoms with Crippen molar-refractivity contribution in [3.05, 3.63) is 35.2 Å². The molecule has 0 spiro atoms. The van der Waals surface area contributed by atoms with Crippen molar-refractivity contribution in [2.24, 2.45) is 0 Å². The first kappa shape index (κ1) is 9.13. The van der Waals surface area contributed by atoms with Crippen LogP contribution in [0.1, 0.15) is 19.4 Å². The molecule has 2 rings (SSSR count). The number of ether oxygens (including phenoxy) is 1. The summed E-state index contributed by atoms with van der Waals surface area (Å²) >= 11 is 0. The van der Waals surface area contributed by atoms with Gasteiger partial charge in [-0.05, 0) is 44.0 Å². The van der Waals surface area contributed by atoms with E-state index in [9.17, 15) is 0 Å². The topological polar surface area (TPSA) is 12.5 Å². The molecule has 1 aromatic rings. The summed E-state index contributed by atoms with van der Waals surface area (Å²) < 4.78 is 5.77. The van der Waals surface area contributed by atoms with Crippen LogP contribution in [0, 0.1) is 6.92 Å². The van der Waals surface area contributed by atoms with Crippen LogP contribution in [0.15, 0.2) is 29.7 Å². The Morgan fingerprint density at radius 1 is 1.29 bits per heavy atom. The summed E-state index contributed by atoms with van der Waals surface area (Å²) in [5, 5.41) is 0. The summed E-state index contributed by atoms with van der Waals surface area (Å²) in [6, 6.07) is 6.27. The van der Waals surface area contributed by atoms with Crippen LogP contribution in [0.25, 0.3) is 0 Å². The molecule has 0 bridgehead atoms. The summed E-state index contributed by atoms with van der Waals surface area (Å²) in [6.07, 6.45) is 0. The summed E-state index contributed by atoms with van der Waals surface area (Å²) in [5.74, 6) is 1.91. The number of anilines is 1. The molecule has 0 aromatic heterocycles. The second-order valence-corrected chi connectivity index (χ2v) is 3.94. The molecule has 1 aliphatic rings. The van der Waals surface area contributed by atoms with Crippen molar-refractivity contribution < 1.29 is 4.74 Å². The van der Waals surface area contributed by atoms with Gasteiger partial charge in [-0.25, -0.2) is 0 Å². The van der Waals surface area contributed by atoms with Gasteiger partial charge in [0.2, 0.25) is 0 Å². The molecule has 0 fully saturated rings. The number of benzene rings is 1. The van der Waals surface area contributed by atoms with Gasteiger partial charge in [0.05, 0.1) is 5.69 Å². The standard InChI is InChI=1S/C12H15NO/c1-8(2)12-13(4)10-6-5-9(3)7-11(10)14-12/h5-7H,1-4H3. The summed E-state index contributed by atoms with van der Waals surface area (Å²) in [4.78, 5) is 2.09. The first-order chi connectivity index (χ1) is 6.59. The second-order valence-electron chi connectivity index (χ2n) is 3.94. The first-order valence-corrected chi connectivity index (χ1v) is 4.79. The minimum absolute atomic E-state index is 0.950. The number of aryl methyl sites for hydroxylation is 1. The van der Waals surface area contributed by atoms with Gasteiger partial charge >= 0.3 is 0 Å². The normalized spacial score (nSPS) is 14.0. The van der Waals surface area contributed by atoms with Crippen molar-refractivity contribution in [2.45, 2.75) is 20.8 Å². The highest BCUT2D eigenvalue weighted by Gasteiger charge is 2.23. The predicted octanol–water partition coefficient (Wildman–Crippen LogP) is 3.08. The van der Waals surface area contributed by atoms with Crippen molar-refractivity contribution in [1.29, 1.82) is 0 Å². The Morgan fingerprint density at radius 3 is 2.64 bits per heavy atom. The van der Waals surface area contributed by atoms with Crippen molar-refractivity contribution in [1.82, 2.24) is 0 Å². The second kappa shape index (κ2) is 3.05. The van der Waals surface area contributed by atoms with Crippen LogP contribution in [0.4, 0.5) is 5.69 Å². The quantitative estimate of drug-likeness (QED) is 0.622. The molecule has 1 aliphatic heterocycles. The van der Waals surface area contributed by atoms with E-state index in [0.717, 1.165) is 17.3 Å². The third-order valence-electron chi connectivity index (χ3n) is 2.42. The monoisotopic (exact) mass is 189 g/mol. The molecule has 74 valence electrons. The fraction of sp³-hybridized carbons (Fsp3) is 0.333. The maximum absolute atomic E-state index is 5.77. The van der Waals surface area contributed by atoms with Crippen molar-refractivity contribution in [3.8, 4) is 5.75 Å². The van der Waals surface area contributed by atoms with E-state index < -0.39 is 0 Å². The van der Waals surface area contributed by atoms with E-state index in [2.05, 4.69) is 43.9 Å². The Kier molecular flexibility index (Phi) is 1.99. The van der Waals surface area contributed by atoms with Gasteiger partial charge in [0, 0.05) is 7.05 Å². The number of fused-ring (bicyclic) bond motifs is 1. The zero-order valence-corrected chi connectivity index (χ0v) is 9.09. The number of rotatable bonds is 0. The maximum Gasteiger partial charge on any atom is 0.199 e. The largest absolute Gasteiger partial charge is 0.439 e. The Labute approximate surface area is 84.8 Å². The minimum Gasteiger partial charge on any atom is -0.439 e. The highest BCUT2D eigenvalue weighted by atomic mass is 16.5. The molecule has 0 amide bonds. The van der Waals surface area contributed by atoms with E-state index in [4.69, 9.17) is 4.74 Å². The summed E-state index contributed by atoms with van der Waals surface area (Å²) in [6.45, 7) is 6.19. The lowest BCUT2D eigenvalue weighted by atomic mass is 10.2. The van der Waals surface area contributed by atoms with Gasteiger partial charge in [-0.3, -0.25) is 0 Å². The third kappa shape index (κ3) is 1.27. The van der Waals surface area contributed by atoms with Crippen LogP contribution in [-0.4, -0.2) is 7.05 Å².